The summed E-state index contributed by atoms with van der Waals surface area (Å²) >= 11 is 0. The highest BCUT2D eigenvalue weighted by molar-refractivity contribution is 5.79. The molecule has 3 aromatic rings. The van der Waals surface area contributed by atoms with Crippen molar-refractivity contribution in [1.82, 2.24) is 34.9 Å². The number of benzene rings is 1. The molecular formula is C16H16FN7O. The molecule has 1 aliphatic heterocycles. The summed E-state index contributed by atoms with van der Waals surface area (Å²) in [5.41, 5.74) is 1.58. The summed E-state index contributed by atoms with van der Waals surface area (Å²) < 4.78 is 14.7. The van der Waals surface area contributed by atoms with E-state index < -0.39 is 0 Å². The van der Waals surface area contributed by atoms with Crippen LogP contribution in [0, 0.1) is 5.82 Å². The predicted octanol–water partition coefficient (Wildman–Crippen LogP) is 0.683. The van der Waals surface area contributed by atoms with Crippen LogP contribution in [0.5, 0.6) is 0 Å². The van der Waals surface area contributed by atoms with Gasteiger partial charge in [0.15, 0.2) is 0 Å². The predicted molar refractivity (Wildman–Crippen MR) is 84.9 cm³/mol. The van der Waals surface area contributed by atoms with Gasteiger partial charge < -0.3 is 4.90 Å². The van der Waals surface area contributed by atoms with Crippen LogP contribution >= 0.6 is 0 Å². The number of amides is 1. The molecule has 0 saturated carbocycles. The first-order valence-corrected chi connectivity index (χ1v) is 7.94. The van der Waals surface area contributed by atoms with Crippen molar-refractivity contribution in [2.24, 2.45) is 0 Å². The largest absolute Gasteiger partial charge is 0.338 e. The molecule has 0 N–H and O–H groups in total. The summed E-state index contributed by atoms with van der Waals surface area (Å²) in [6.07, 6.45) is 5.36. The van der Waals surface area contributed by atoms with E-state index in [1.54, 1.807) is 34.1 Å². The lowest BCUT2D eigenvalue weighted by molar-refractivity contribution is -0.136. The number of likely N-dealkylation sites (tertiary alicyclic amines) is 1. The van der Waals surface area contributed by atoms with Gasteiger partial charge in [-0.1, -0.05) is 17.3 Å². The van der Waals surface area contributed by atoms with Gasteiger partial charge in [-0.2, -0.15) is 15.0 Å². The molecule has 0 atom stereocenters. The smallest absolute Gasteiger partial charge is 0.227 e. The van der Waals surface area contributed by atoms with E-state index in [1.165, 1.54) is 16.9 Å². The third-order valence-electron chi connectivity index (χ3n) is 4.19. The molecule has 4 rings (SSSR count). The minimum Gasteiger partial charge on any atom is -0.338 e. The van der Waals surface area contributed by atoms with Crippen LogP contribution in [0.3, 0.4) is 0 Å². The maximum atomic E-state index is 12.9. The van der Waals surface area contributed by atoms with Crippen molar-refractivity contribution in [1.29, 1.82) is 0 Å². The number of carbonyl (C=O) groups is 1. The maximum Gasteiger partial charge on any atom is 0.227 e. The van der Waals surface area contributed by atoms with Crippen LogP contribution in [0.4, 0.5) is 4.39 Å². The topological polar surface area (TPSA) is 81.7 Å². The zero-order valence-corrected chi connectivity index (χ0v) is 13.4. The molecule has 128 valence electrons. The first-order valence-electron chi connectivity index (χ1n) is 7.94. The van der Waals surface area contributed by atoms with E-state index in [0.29, 0.717) is 19.6 Å². The van der Waals surface area contributed by atoms with Crippen molar-refractivity contribution in [3.05, 3.63) is 59.9 Å². The third kappa shape index (κ3) is 3.39. The summed E-state index contributed by atoms with van der Waals surface area (Å²) in [6.45, 7) is 1.67. The fourth-order valence-electron chi connectivity index (χ4n) is 2.75. The number of aromatic nitrogens is 6. The molecule has 0 spiro atoms. The number of rotatable bonds is 5. The van der Waals surface area contributed by atoms with E-state index >= 15 is 0 Å². The zero-order chi connectivity index (χ0) is 17.2. The molecule has 8 nitrogen and oxygen atoms in total. The van der Waals surface area contributed by atoms with Gasteiger partial charge in [-0.15, -0.1) is 5.10 Å². The van der Waals surface area contributed by atoms with Gasteiger partial charge >= 0.3 is 0 Å². The summed E-state index contributed by atoms with van der Waals surface area (Å²) in [7, 11) is 0. The molecule has 25 heavy (non-hydrogen) atoms. The van der Waals surface area contributed by atoms with Crippen LogP contribution in [0.2, 0.25) is 0 Å². The quantitative estimate of drug-likeness (QED) is 0.682. The van der Waals surface area contributed by atoms with E-state index in [2.05, 4.69) is 20.5 Å². The second-order valence-electron chi connectivity index (χ2n) is 6.01. The van der Waals surface area contributed by atoms with Crippen LogP contribution < -0.4 is 0 Å². The average Bonchev–Trinajstić information content (AvgIpc) is 3.21. The Bertz CT molecular complexity index is 853. The molecule has 0 bridgehead atoms. The number of nitrogens with zero attached hydrogens (tertiary/aromatic N) is 7. The van der Waals surface area contributed by atoms with E-state index in [9.17, 15) is 9.18 Å². The van der Waals surface area contributed by atoms with Gasteiger partial charge in [-0.3, -0.25) is 4.79 Å². The third-order valence-corrected chi connectivity index (χ3v) is 4.19. The van der Waals surface area contributed by atoms with Crippen molar-refractivity contribution >= 4 is 5.91 Å². The van der Waals surface area contributed by atoms with Gasteiger partial charge in [0.1, 0.15) is 18.1 Å². The molecule has 1 saturated heterocycles. The molecule has 0 radical (unpaired) electrons. The Hall–Kier alpha value is -3.10. The van der Waals surface area contributed by atoms with Crippen LogP contribution in [-0.4, -0.2) is 53.9 Å². The summed E-state index contributed by atoms with van der Waals surface area (Å²) in [5.74, 6) is -0.267. The average molecular weight is 341 g/mol. The highest BCUT2D eigenvalue weighted by atomic mass is 19.1. The lowest BCUT2D eigenvalue weighted by Crippen LogP contribution is -2.51. The molecule has 0 aliphatic carbocycles. The summed E-state index contributed by atoms with van der Waals surface area (Å²) in [5, 5.41) is 16.3. The molecule has 1 aromatic carbocycles. The van der Waals surface area contributed by atoms with E-state index in [0.717, 1.165) is 11.3 Å². The Labute approximate surface area is 142 Å². The minimum atomic E-state index is -0.299. The fraction of sp³-hybridized carbons (Fsp3) is 0.312. The van der Waals surface area contributed by atoms with Crippen LogP contribution in [0.25, 0.3) is 0 Å². The maximum absolute atomic E-state index is 12.9. The van der Waals surface area contributed by atoms with Gasteiger partial charge in [0.05, 0.1) is 31.1 Å². The SMILES string of the molecule is O=C(Cc1ccc(F)cc1)N1CC(n2cc(Cn3nccn3)nn2)C1. The Morgan fingerprint density at radius 1 is 1.16 bits per heavy atom. The van der Waals surface area contributed by atoms with Crippen molar-refractivity contribution < 1.29 is 9.18 Å². The Balaban J connectivity index is 1.30. The van der Waals surface area contributed by atoms with Gasteiger partial charge in [0.25, 0.3) is 0 Å². The van der Waals surface area contributed by atoms with Crippen LogP contribution in [-0.2, 0) is 17.8 Å². The van der Waals surface area contributed by atoms with Crippen LogP contribution in [0.1, 0.15) is 17.3 Å². The standard InChI is InChI=1S/C16H16FN7O/c17-13-3-1-12(2-4-13)7-16(25)22-10-15(11-22)23-8-14(20-21-23)9-24-18-5-6-19-24/h1-6,8,15H,7,9-11H2. The zero-order valence-electron chi connectivity index (χ0n) is 13.4. The molecule has 2 aromatic heterocycles. The Kier molecular flexibility index (Phi) is 3.96. The molecular weight excluding hydrogens is 325 g/mol. The van der Waals surface area contributed by atoms with E-state index in [-0.39, 0.29) is 24.2 Å². The van der Waals surface area contributed by atoms with E-state index in [4.69, 9.17) is 0 Å². The molecule has 1 aliphatic rings. The Morgan fingerprint density at radius 2 is 1.88 bits per heavy atom. The highest BCUT2D eigenvalue weighted by Crippen LogP contribution is 2.21. The first-order chi connectivity index (χ1) is 12.2. The molecule has 1 fully saturated rings. The normalized spacial score (nSPS) is 14.5. The molecule has 9 heteroatoms. The molecule has 3 heterocycles. The summed E-state index contributed by atoms with van der Waals surface area (Å²) in [4.78, 5) is 15.5. The second-order valence-corrected chi connectivity index (χ2v) is 6.01. The summed E-state index contributed by atoms with van der Waals surface area (Å²) in [6, 6.07) is 6.14. The molecule has 0 unspecified atom stereocenters. The van der Waals surface area contributed by atoms with Gasteiger partial charge in [0, 0.05) is 13.1 Å². The highest BCUT2D eigenvalue weighted by Gasteiger charge is 2.32. The van der Waals surface area contributed by atoms with Crippen molar-refractivity contribution in [2.45, 2.75) is 19.0 Å². The monoisotopic (exact) mass is 341 g/mol. The van der Waals surface area contributed by atoms with Crippen molar-refractivity contribution in [3.63, 3.8) is 0 Å². The molecule has 1 amide bonds. The van der Waals surface area contributed by atoms with Crippen LogP contribution in [0.15, 0.2) is 42.9 Å². The Morgan fingerprint density at radius 3 is 2.60 bits per heavy atom. The number of carbonyl (C=O) groups excluding carboxylic acids is 1. The van der Waals surface area contributed by atoms with Crippen molar-refractivity contribution in [2.75, 3.05) is 13.1 Å². The number of hydrogen-bond donors (Lipinski definition) is 0. The number of halogens is 1. The lowest BCUT2D eigenvalue weighted by Gasteiger charge is -2.39. The van der Waals surface area contributed by atoms with E-state index in [1.807, 2.05) is 6.20 Å². The fourth-order valence-corrected chi connectivity index (χ4v) is 2.75. The minimum absolute atomic E-state index is 0.0314. The van der Waals surface area contributed by atoms with Gasteiger partial charge in [-0.25, -0.2) is 9.07 Å². The van der Waals surface area contributed by atoms with Gasteiger partial charge in [0.2, 0.25) is 5.91 Å². The second kappa shape index (κ2) is 6.42. The lowest BCUT2D eigenvalue weighted by atomic mass is 10.1. The first kappa shape index (κ1) is 15.4. The number of hydrogen-bond acceptors (Lipinski definition) is 5. The van der Waals surface area contributed by atoms with Gasteiger partial charge in [-0.05, 0) is 17.7 Å². The van der Waals surface area contributed by atoms with Crippen molar-refractivity contribution in [3.8, 4) is 0 Å².